The van der Waals surface area contributed by atoms with Gasteiger partial charge in [-0.1, -0.05) is 92.8 Å². The summed E-state index contributed by atoms with van der Waals surface area (Å²) in [5.74, 6) is -0.280. The van der Waals surface area contributed by atoms with E-state index in [2.05, 4.69) is 23.5 Å². The Morgan fingerprint density at radius 3 is 2.33 bits per heavy atom. The molecule has 0 radical (unpaired) electrons. The number of thiocarbonyl (C=S) groups is 1. The average Bonchev–Trinajstić information content (AvgIpc) is 3.24. The van der Waals surface area contributed by atoms with Gasteiger partial charge in [-0.2, -0.15) is 5.26 Å². The normalized spacial score (nSPS) is 14.0. The highest BCUT2D eigenvalue weighted by atomic mass is 32.2. The molecule has 1 saturated heterocycles. The van der Waals surface area contributed by atoms with E-state index in [0.29, 0.717) is 45.8 Å². The molecule has 42 heavy (non-hydrogen) atoms. The minimum absolute atomic E-state index is 0.0778. The van der Waals surface area contributed by atoms with Gasteiger partial charge in [0, 0.05) is 31.6 Å². The number of hydrogen-bond donors (Lipinski definition) is 2. The molecule has 0 spiro atoms. The maximum atomic E-state index is 13.4. The van der Waals surface area contributed by atoms with Crippen LogP contribution in [0.2, 0.25) is 0 Å². The molecule has 2 aromatic rings. The number of carbonyl (C=O) groups is 2. The summed E-state index contributed by atoms with van der Waals surface area (Å²) in [5, 5.41) is 21.9. The third kappa shape index (κ3) is 9.04. The Labute approximate surface area is 257 Å². The van der Waals surface area contributed by atoms with Gasteiger partial charge in [-0.05, 0) is 50.3 Å². The summed E-state index contributed by atoms with van der Waals surface area (Å²) in [7, 11) is 0. The van der Waals surface area contributed by atoms with Crippen molar-refractivity contribution >= 4 is 52.1 Å². The first-order valence-electron chi connectivity index (χ1n) is 14.7. The lowest BCUT2D eigenvalue weighted by molar-refractivity contribution is -0.137. The van der Waals surface area contributed by atoms with Gasteiger partial charge in [0.05, 0.1) is 4.91 Å². The number of anilines is 1. The number of unbranched alkanes of at least 4 members (excludes halogenated alkanes) is 7. The van der Waals surface area contributed by atoms with Gasteiger partial charge in [-0.3, -0.25) is 23.9 Å². The molecule has 1 fully saturated rings. The number of amides is 1. The van der Waals surface area contributed by atoms with E-state index in [1.165, 1.54) is 17.3 Å². The van der Waals surface area contributed by atoms with E-state index in [-0.39, 0.29) is 23.5 Å². The molecule has 1 aliphatic rings. The van der Waals surface area contributed by atoms with Crippen LogP contribution in [-0.2, 0) is 22.6 Å². The lowest BCUT2D eigenvalue weighted by Gasteiger charge is -2.19. The SMILES string of the molecule is CCn1c(NCCc2ccccc2)c(/C=C2/SC(=S)N(CCCCCCCCCCC(=O)O)C2=O)c(C)c(C#N)c1=O. The molecule has 10 heteroatoms. The number of carbonyl (C=O) groups excluding carboxylic acids is 1. The van der Waals surface area contributed by atoms with Crippen LogP contribution >= 0.6 is 24.0 Å². The minimum atomic E-state index is -0.733. The van der Waals surface area contributed by atoms with Gasteiger partial charge in [0.15, 0.2) is 0 Å². The second-order valence-corrected chi connectivity index (χ2v) is 12.1. The molecule has 1 aliphatic heterocycles. The summed E-state index contributed by atoms with van der Waals surface area (Å²) in [5.41, 5.74) is 2.10. The molecule has 1 amide bonds. The number of aromatic nitrogens is 1. The van der Waals surface area contributed by atoms with E-state index in [9.17, 15) is 19.6 Å². The van der Waals surface area contributed by atoms with Crippen molar-refractivity contribution in [1.29, 1.82) is 5.26 Å². The Balaban J connectivity index is 1.67. The van der Waals surface area contributed by atoms with Crippen LogP contribution in [0.5, 0.6) is 0 Å². The second-order valence-electron chi connectivity index (χ2n) is 10.4. The van der Waals surface area contributed by atoms with Gasteiger partial charge >= 0.3 is 5.97 Å². The van der Waals surface area contributed by atoms with E-state index in [0.717, 1.165) is 57.8 Å². The number of aliphatic carboxylic acids is 1. The van der Waals surface area contributed by atoms with Crippen molar-refractivity contribution < 1.29 is 14.7 Å². The zero-order chi connectivity index (χ0) is 30.5. The molecule has 0 saturated carbocycles. The molecule has 1 aromatic heterocycles. The van der Waals surface area contributed by atoms with E-state index in [1.54, 1.807) is 22.5 Å². The van der Waals surface area contributed by atoms with Crippen LogP contribution in [-0.4, -0.2) is 43.9 Å². The average molecular weight is 609 g/mol. The highest BCUT2D eigenvalue weighted by Crippen LogP contribution is 2.35. The van der Waals surface area contributed by atoms with Gasteiger partial charge in [-0.25, -0.2) is 0 Å². The summed E-state index contributed by atoms with van der Waals surface area (Å²) in [6, 6.07) is 12.1. The Hall–Kier alpha value is -3.42. The van der Waals surface area contributed by atoms with Crippen LogP contribution in [0.25, 0.3) is 6.08 Å². The van der Waals surface area contributed by atoms with Crippen LogP contribution in [0.1, 0.15) is 87.0 Å². The number of nitrogens with zero attached hydrogens (tertiary/aromatic N) is 3. The number of nitrogens with one attached hydrogen (secondary N) is 1. The van der Waals surface area contributed by atoms with E-state index >= 15 is 0 Å². The number of carboxylic acid groups (broad SMARTS) is 1. The maximum absolute atomic E-state index is 13.4. The molecule has 0 bridgehead atoms. The third-order valence-corrected chi connectivity index (χ3v) is 8.79. The van der Waals surface area contributed by atoms with Crippen molar-refractivity contribution in [2.45, 2.75) is 84.6 Å². The molecule has 1 aromatic carbocycles. The zero-order valence-corrected chi connectivity index (χ0v) is 26.1. The highest BCUT2D eigenvalue weighted by Gasteiger charge is 2.32. The molecule has 0 atom stereocenters. The lowest BCUT2D eigenvalue weighted by Crippen LogP contribution is -2.29. The van der Waals surface area contributed by atoms with Crippen molar-refractivity contribution in [3.05, 3.63) is 67.8 Å². The standard InChI is InChI=1S/C32H40N4O4S2/c1-3-35-29(34-19-18-24-15-11-10-12-16-24)25(23(2)26(22-33)30(35)39)21-27-31(40)36(32(41)42-27)20-14-9-7-5-4-6-8-13-17-28(37)38/h10-12,15-16,21,34H,3-9,13-14,17-20H2,1-2H3,(H,37,38)/b27-21+. The summed E-state index contributed by atoms with van der Waals surface area (Å²) in [4.78, 5) is 39.2. The Bertz CT molecular complexity index is 1400. The van der Waals surface area contributed by atoms with E-state index in [4.69, 9.17) is 17.3 Å². The smallest absolute Gasteiger partial charge is 0.303 e. The molecule has 2 heterocycles. The van der Waals surface area contributed by atoms with Gasteiger partial charge in [-0.15, -0.1) is 0 Å². The van der Waals surface area contributed by atoms with E-state index in [1.807, 2.05) is 25.1 Å². The van der Waals surface area contributed by atoms with Gasteiger partial charge in [0.25, 0.3) is 11.5 Å². The summed E-state index contributed by atoms with van der Waals surface area (Å²) < 4.78 is 2.08. The van der Waals surface area contributed by atoms with Crippen molar-refractivity contribution in [3.8, 4) is 6.07 Å². The molecular weight excluding hydrogens is 569 g/mol. The van der Waals surface area contributed by atoms with Crippen molar-refractivity contribution in [1.82, 2.24) is 9.47 Å². The van der Waals surface area contributed by atoms with Crippen LogP contribution < -0.4 is 10.9 Å². The van der Waals surface area contributed by atoms with Crippen LogP contribution in [0, 0.1) is 18.3 Å². The number of carboxylic acids is 1. The minimum Gasteiger partial charge on any atom is -0.481 e. The molecule has 0 aliphatic carbocycles. The first-order valence-corrected chi connectivity index (χ1v) is 15.9. The first kappa shape index (κ1) is 33.1. The number of benzene rings is 1. The fraction of sp³-hybridized carbons (Fsp3) is 0.469. The molecular formula is C32H40N4O4S2. The van der Waals surface area contributed by atoms with Crippen molar-refractivity contribution in [2.75, 3.05) is 18.4 Å². The van der Waals surface area contributed by atoms with Gasteiger partial charge in [0.1, 0.15) is 21.8 Å². The maximum Gasteiger partial charge on any atom is 0.303 e. The number of thioether (sulfide) groups is 1. The fourth-order valence-electron chi connectivity index (χ4n) is 5.06. The molecule has 0 unspecified atom stereocenters. The van der Waals surface area contributed by atoms with Crippen molar-refractivity contribution in [2.24, 2.45) is 0 Å². The Morgan fingerprint density at radius 2 is 1.71 bits per heavy atom. The molecule has 224 valence electrons. The molecule has 3 rings (SSSR count). The monoisotopic (exact) mass is 608 g/mol. The predicted molar refractivity (Wildman–Crippen MR) is 174 cm³/mol. The topological polar surface area (TPSA) is 115 Å². The summed E-state index contributed by atoms with van der Waals surface area (Å²) in [6.07, 6.45) is 10.6. The molecule has 2 N–H and O–H groups in total. The number of nitriles is 1. The largest absolute Gasteiger partial charge is 0.481 e. The molecule has 8 nitrogen and oxygen atoms in total. The fourth-order valence-corrected chi connectivity index (χ4v) is 6.35. The van der Waals surface area contributed by atoms with Crippen LogP contribution in [0.3, 0.4) is 0 Å². The number of rotatable bonds is 17. The predicted octanol–water partition coefficient (Wildman–Crippen LogP) is 6.50. The Morgan fingerprint density at radius 1 is 1.07 bits per heavy atom. The number of hydrogen-bond acceptors (Lipinski definition) is 7. The van der Waals surface area contributed by atoms with Gasteiger partial charge in [0.2, 0.25) is 0 Å². The van der Waals surface area contributed by atoms with Gasteiger partial charge < -0.3 is 10.4 Å². The third-order valence-electron chi connectivity index (χ3n) is 7.41. The Kier molecular flexibility index (Phi) is 13.3. The lowest BCUT2D eigenvalue weighted by atomic mass is 10.0. The summed E-state index contributed by atoms with van der Waals surface area (Å²) in [6.45, 7) is 5.13. The van der Waals surface area contributed by atoms with E-state index < -0.39 is 5.97 Å². The first-order chi connectivity index (χ1) is 20.3. The second kappa shape index (κ2) is 16.9. The van der Waals surface area contributed by atoms with Crippen LogP contribution in [0.15, 0.2) is 40.0 Å². The quantitative estimate of drug-likeness (QED) is 0.119. The highest BCUT2D eigenvalue weighted by molar-refractivity contribution is 8.26. The van der Waals surface area contributed by atoms with Crippen molar-refractivity contribution in [3.63, 3.8) is 0 Å². The summed E-state index contributed by atoms with van der Waals surface area (Å²) >= 11 is 6.82. The van der Waals surface area contributed by atoms with Crippen LogP contribution in [0.4, 0.5) is 5.82 Å². The zero-order valence-electron chi connectivity index (χ0n) is 24.5. The number of pyridine rings is 1.